The maximum atomic E-state index is 13.2. The molecule has 0 fully saturated rings. The van der Waals surface area contributed by atoms with Crippen LogP contribution in [0, 0.1) is 5.82 Å². The normalized spacial score (nSPS) is 10.9. The number of rotatable bonds is 6. The van der Waals surface area contributed by atoms with Crippen LogP contribution in [0.15, 0.2) is 58.7 Å². The van der Waals surface area contributed by atoms with E-state index in [1.807, 2.05) is 24.4 Å². The van der Waals surface area contributed by atoms with Gasteiger partial charge >= 0.3 is 0 Å². The van der Waals surface area contributed by atoms with Crippen LogP contribution >= 0.6 is 11.3 Å². The lowest BCUT2D eigenvalue weighted by atomic mass is 10.2. The number of aromatic nitrogens is 4. The van der Waals surface area contributed by atoms with E-state index < -0.39 is 11.7 Å². The molecule has 0 radical (unpaired) electrons. The lowest BCUT2D eigenvalue weighted by molar-refractivity contribution is 0.102. The van der Waals surface area contributed by atoms with Crippen LogP contribution in [0.25, 0.3) is 16.5 Å². The monoisotopic (exact) mass is 423 g/mol. The van der Waals surface area contributed by atoms with E-state index in [0.29, 0.717) is 29.2 Å². The van der Waals surface area contributed by atoms with Crippen LogP contribution in [0.1, 0.15) is 29.4 Å². The van der Waals surface area contributed by atoms with Crippen LogP contribution < -0.4 is 10.9 Å². The van der Waals surface area contributed by atoms with Crippen molar-refractivity contribution < 1.29 is 9.18 Å². The van der Waals surface area contributed by atoms with Gasteiger partial charge in [-0.25, -0.2) is 9.37 Å². The molecule has 30 heavy (non-hydrogen) atoms. The molecule has 152 valence electrons. The smallest absolute Gasteiger partial charge is 0.256 e. The Morgan fingerprint density at radius 1 is 1.23 bits per heavy atom. The molecule has 3 heterocycles. The van der Waals surface area contributed by atoms with Gasteiger partial charge in [-0.1, -0.05) is 19.4 Å². The van der Waals surface area contributed by atoms with Gasteiger partial charge in [-0.2, -0.15) is 9.78 Å². The number of halogens is 1. The number of carbonyl (C=O) groups is 1. The lowest BCUT2D eigenvalue weighted by Crippen LogP contribution is -2.19. The van der Waals surface area contributed by atoms with Crippen molar-refractivity contribution in [1.82, 2.24) is 19.7 Å². The number of amides is 1. The fourth-order valence-corrected chi connectivity index (χ4v) is 3.63. The van der Waals surface area contributed by atoms with Gasteiger partial charge in [0, 0.05) is 23.4 Å². The number of hydrogen-bond donors (Lipinski definition) is 2. The van der Waals surface area contributed by atoms with Crippen molar-refractivity contribution in [2.45, 2.75) is 19.8 Å². The van der Waals surface area contributed by atoms with E-state index in [1.54, 1.807) is 6.07 Å². The Labute approximate surface area is 175 Å². The SMILES string of the molecule is CCCc1cc(=O)[nH]c(-n2nc(-c3cccs3)cc2NC(=O)c2ccc(F)cc2)n1. The van der Waals surface area contributed by atoms with Gasteiger partial charge in [0.1, 0.15) is 17.3 Å². The van der Waals surface area contributed by atoms with Crippen molar-refractivity contribution in [3.63, 3.8) is 0 Å². The first-order valence-electron chi connectivity index (χ1n) is 9.35. The van der Waals surface area contributed by atoms with Gasteiger partial charge in [-0.3, -0.25) is 14.6 Å². The Morgan fingerprint density at radius 3 is 2.73 bits per heavy atom. The summed E-state index contributed by atoms with van der Waals surface area (Å²) in [6, 6.07) is 12.2. The molecule has 0 aliphatic carbocycles. The van der Waals surface area contributed by atoms with E-state index in [0.717, 1.165) is 11.3 Å². The van der Waals surface area contributed by atoms with E-state index >= 15 is 0 Å². The van der Waals surface area contributed by atoms with E-state index in [1.165, 1.54) is 46.4 Å². The molecule has 0 aliphatic heterocycles. The van der Waals surface area contributed by atoms with Crippen molar-refractivity contribution in [2.75, 3.05) is 5.32 Å². The summed E-state index contributed by atoms with van der Waals surface area (Å²) in [5.74, 6) is -0.306. The van der Waals surface area contributed by atoms with Crippen molar-refractivity contribution in [3.05, 3.63) is 81.3 Å². The van der Waals surface area contributed by atoms with Gasteiger partial charge < -0.3 is 5.32 Å². The number of carbonyl (C=O) groups excluding carboxylic acids is 1. The van der Waals surface area contributed by atoms with Crippen LogP contribution in [-0.4, -0.2) is 25.7 Å². The number of thiophene rings is 1. The number of hydrogen-bond acceptors (Lipinski definition) is 5. The number of aryl methyl sites for hydroxylation is 1. The summed E-state index contributed by atoms with van der Waals surface area (Å²) >= 11 is 1.50. The molecule has 0 spiro atoms. The number of anilines is 1. The lowest BCUT2D eigenvalue weighted by Gasteiger charge is -2.09. The van der Waals surface area contributed by atoms with Crippen molar-refractivity contribution in [1.29, 1.82) is 0 Å². The molecule has 9 heteroatoms. The summed E-state index contributed by atoms with van der Waals surface area (Å²) < 4.78 is 14.6. The average molecular weight is 423 g/mol. The van der Waals surface area contributed by atoms with Crippen molar-refractivity contribution >= 4 is 23.1 Å². The molecule has 0 aliphatic rings. The minimum Gasteiger partial charge on any atom is -0.306 e. The third-order valence-electron chi connectivity index (χ3n) is 4.32. The summed E-state index contributed by atoms with van der Waals surface area (Å²) in [6.45, 7) is 2.00. The minimum absolute atomic E-state index is 0.211. The Bertz CT molecular complexity index is 1230. The zero-order valence-electron chi connectivity index (χ0n) is 16.1. The van der Waals surface area contributed by atoms with Crippen LogP contribution in [0.4, 0.5) is 10.2 Å². The third-order valence-corrected chi connectivity index (χ3v) is 5.21. The van der Waals surface area contributed by atoms with Gasteiger partial charge in [-0.05, 0) is 42.1 Å². The zero-order chi connectivity index (χ0) is 21.1. The summed E-state index contributed by atoms with van der Waals surface area (Å²) in [5, 5.41) is 9.25. The summed E-state index contributed by atoms with van der Waals surface area (Å²) in [7, 11) is 0. The predicted octanol–water partition coefficient (Wildman–Crippen LogP) is 4.03. The first kappa shape index (κ1) is 19.7. The van der Waals surface area contributed by atoms with E-state index in [4.69, 9.17) is 0 Å². The number of nitrogens with one attached hydrogen (secondary N) is 2. The maximum Gasteiger partial charge on any atom is 0.256 e. The zero-order valence-corrected chi connectivity index (χ0v) is 16.9. The van der Waals surface area contributed by atoms with Gasteiger partial charge in [0.25, 0.3) is 11.5 Å². The second-order valence-electron chi connectivity index (χ2n) is 6.58. The number of nitrogens with zero attached hydrogens (tertiary/aromatic N) is 3. The molecule has 1 aromatic carbocycles. The minimum atomic E-state index is -0.430. The first-order chi connectivity index (χ1) is 14.5. The molecule has 4 aromatic rings. The largest absolute Gasteiger partial charge is 0.306 e. The van der Waals surface area contributed by atoms with Crippen molar-refractivity contribution in [2.24, 2.45) is 0 Å². The number of H-pyrrole nitrogens is 1. The molecule has 0 saturated carbocycles. The molecule has 1 amide bonds. The van der Waals surface area contributed by atoms with Gasteiger partial charge in [0.05, 0.1) is 4.88 Å². The molecule has 0 bridgehead atoms. The van der Waals surface area contributed by atoms with E-state index in [2.05, 4.69) is 20.4 Å². The quantitative estimate of drug-likeness (QED) is 0.490. The molecular formula is C21H18FN5O2S. The molecule has 2 N–H and O–H groups in total. The standard InChI is InChI=1S/C21H18FN5O2S/c1-2-4-15-11-19(28)25-21(23-15)27-18(12-16(26-27)17-5-3-10-30-17)24-20(29)13-6-8-14(22)9-7-13/h3,5-12H,2,4H2,1H3,(H,24,29)(H,23,25,28). The van der Waals surface area contributed by atoms with Crippen LogP contribution in [0.3, 0.4) is 0 Å². The fourth-order valence-electron chi connectivity index (χ4n) is 2.94. The summed E-state index contributed by atoms with van der Waals surface area (Å²) in [6.07, 6.45) is 1.48. The van der Waals surface area contributed by atoms with Gasteiger partial charge in [0.2, 0.25) is 5.95 Å². The average Bonchev–Trinajstić information content (AvgIpc) is 3.38. The summed E-state index contributed by atoms with van der Waals surface area (Å²) in [5.41, 5.74) is 1.26. The number of benzene rings is 1. The maximum absolute atomic E-state index is 13.2. The Morgan fingerprint density at radius 2 is 2.03 bits per heavy atom. The Hall–Kier alpha value is -3.59. The predicted molar refractivity (Wildman–Crippen MR) is 114 cm³/mol. The van der Waals surface area contributed by atoms with Crippen LogP contribution in [0.5, 0.6) is 0 Å². The molecule has 0 unspecified atom stereocenters. The topological polar surface area (TPSA) is 92.7 Å². The van der Waals surface area contributed by atoms with Crippen LogP contribution in [-0.2, 0) is 6.42 Å². The van der Waals surface area contributed by atoms with Crippen LogP contribution in [0.2, 0.25) is 0 Å². The molecule has 3 aromatic heterocycles. The highest BCUT2D eigenvalue weighted by Crippen LogP contribution is 2.27. The third kappa shape index (κ3) is 4.20. The number of aromatic amines is 1. The second kappa shape index (κ2) is 8.42. The molecule has 7 nitrogen and oxygen atoms in total. The Balaban J connectivity index is 1.76. The fraction of sp³-hybridized carbons (Fsp3) is 0.143. The molecule has 4 rings (SSSR count). The summed E-state index contributed by atoms with van der Waals surface area (Å²) in [4.78, 5) is 32.9. The highest BCUT2D eigenvalue weighted by Gasteiger charge is 2.17. The van der Waals surface area contributed by atoms with Gasteiger partial charge in [-0.15, -0.1) is 11.3 Å². The molecule has 0 atom stereocenters. The second-order valence-corrected chi connectivity index (χ2v) is 7.52. The molecular weight excluding hydrogens is 405 g/mol. The highest BCUT2D eigenvalue weighted by molar-refractivity contribution is 7.13. The van der Waals surface area contributed by atoms with E-state index in [-0.39, 0.29) is 11.5 Å². The van der Waals surface area contributed by atoms with E-state index in [9.17, 15) is 14.0 Å². The first-order valence-corrected chi connectivity index (χ1v) is 10.2. The Kier molecular flexibility index (Phi) is 5.53. The highest BCUT2D eigenvalue weighted by atomic mass is 32.1. The van der Waals surface area contributed by atoms with Crippen molar-refractivity contribution in [3.8, 4) is 16.5 Å². The van der Waals surface area contributed by atoms with Gasteiger partial charge in [0.15, 0.2) is 0 Å². The molecule has 0 saturated heterocycles.